The largest absolute Gasteiger partial charge is 0.493 e. The van der Waals surface area contributed by atoms with Crippen molar-refractivity contribution in [2.24, 2.45) is 0 Å². The molecule has 0 saturated heterocycles. The van der Waals surface area contributed by atoms with E-state index in [2.05, 4.69) is 51.2 Å². The molecule has 3 heteroatoms. The summed E-state index contributed by atoms with van der Waals surface area (Å²) >= 11 is 0. The lowest BCUT2D eigenvalue weighted by atomic mass is 10.1. The van der Waals surface area contributed by atoms with Gasteiger partial charge in [0.05, 0.1) is 18.7 Å². The van der Waals surface area contributed by atoms with E-state index in [1.165, 1.54) is 16.7 Å². The third kappa shape index (κ3) is 4.92. The van der Waals surface area contributed by atoms with E-state index in [4.69, 9.17) is 10.00 Å². The van der Waals surface area contributed by atoms with Gasteiger partial charge in [-0.3, -0.25) is 0 Å². The monoisotopic (exact) mass is 260 g/mol. The molecule has 3 nitrogen and oxygen atoms in total. The van der Waals surface area contributed by atoms with Crippen LogP contribution < -0.4 is 10.1 Å². The van der Waals surface area contributed by atoms with Gasteiger partial charge in [0, 0.05) is 6.42 Å². The van der Waals surface area contributed by atoms with Gasteiger partial charge in [0.2, 0.25) is 0 Å². The van der Waals surface area contributed by atoms with Crippen molar-refractivity contribution in [3.63, 3.8) is 0 Å². The predicted octanol–water partition coefficient (Wildman–Crippen LogP) is 3.27. The minimum atomic E-state index is -0.119. The maximum Gasteiger partial charge on any atom is 0.122 e. The van der Waals surface area contributed by atoms with E-state index in [9.17, 15) is 0 Å². The Bertz CT molecular complexity index is 449. The molecule has 0 aliphatic carbocycles. The zero-order valence-electron chi connectivity index (χ0n) is 12.4. The number of nitrogens with zero attached hydrogens (tertiary/aromatic N) is 1. The third-order valence-electron chi connectivity index (χ3n) is 3.22. The Kier molecular flexibility index (Phi) is 6.38. The molecule has 0 aromatic heterocycles. The van der Waals surface area contributed by atoms with Crippen LogP contribution in [0.2, 0.25) is 0 Å². The Hall–Kier alpha value is -1.53. The average molecular weight is 260 g/mol. The molecule has 1 atom stereocenters. The molecule has 0 heterocycles. The van der Waals surface area contributed by atoms with Crippen molar-refractivity contribution in [1.29, 1.82) is 5.26 Å². The number of nitriles is 1. The molecular weight excluding hydrogens is 236 g/mol. The van der Waals surface area contributed by atoms with Gasteiger partial charge in [0.15, 0.2) is 0 Å². The highest BCUT2D eigenvalue weighted by Gasteiger charge is 2.08. The summed E-state index contributed by atoms with van der Waals surface area (Å²) in [6, 6.07) is 6.36. The number of hydrogen-bond acceptors (Lipinski definition) is 3. The summed E-state index contributed by atoms with van der Waals surface area (Å²) in [4.78, 5) is 0. The molecule has 104 valence electrons. The SMILES string of the molecule is CCCNC(C#N)CCOc1cc(C)cc(C)c1C. The maximum atomic E-state index is 9.02. The van der Waals surface area contributed by atoms with Crippen molar-refractivity contribution in [3.8, 4) is 11.8 Å². The van der Waals surface area contributed by atoms with Crippen molar-refractivity contribution in [3.05, 3.63) is 28.8 Å². The maximum absolute atomic E-state index is 9.02. The average Bonchev–Trinajstić information content (AvgIpc) is 2.39. The molecule has 0 saturated carbocycles. The minimum absolute atomic E-state index is 0.119. The lowest BCUT2D eigenvalue weighted by Crippen LogP contribution is -2.29. The van der Waals surface area contributed by atoms with Gasteiger partial charge >= 0.3 is 0 Å². The third-order valence-corrected chi connectivity index (χ3v) is 3.22. The van der Waals surface area contributed by atoms with E-state index >= 15 is 0 Å². The molecule has 1 unspecified atom stereocenters. The second-order valence-corrected chi connectivity index (χ2v) is 4.98. The molecule has 0 bridgehead atoms. The van der Waals surface area contributed by atoms with Crippen LogP contribution in [0.4, 0.5) is 0 Å². The fourth-order valence-electron chi connectivity index (χ4n) is 1.97. The molecule has 1 rings (SSSR count). The highest BCUT2D eigenvalue weighted by atomic mass is 16.5. The van der Waals surface area contributed by atoms with Gasteiger partial charge in [0.1, 0.15) is 5.75 Å². The van der Waals surface area contributed by atoms with Crippen molar-refractivity contribution >= 4 is 0 Å². The summed E-state index contributed by atoms with van der Waals surface area (Å²) in [5, 5.41) is 12.2. The highest BCUT2D eigenvalue weighted by molar-refractivity contribution is 5.41. The molecule has 0 radical (unpaired) electrons. The molecule has 19 heavy (non-hydrogen) atoms. The van der Waals surface area contributed by atoms with E-state index in [0.29, 0.717) is 13.0 Å². The van der Waals surface area contributed by atoms with Crippen LogP contribution in [0.3, 0.4) is 0 Å². The summed E-state index contributed by atoms with van der Waals surface area (Å²) in [5.74, 6) is 0.935. The molecule has 0 spiro atoms. The first kappa shape index (κ1) is 15.5. The van der Waals surface area contributed by atoms with E-state index in [1.54, 1.807) is 0 Å². The van der Waals surface area contributed by atoms with Gasteiger partial charge in [-0.1, -0.05) is 13.0 Å². The van der Waals surface area contributed by atoms with Crippen molar-refractivity contribution in [2.45, 2.75) is 46.6 Å². The molecule has 1 N–H and O–H groups in total. The smallest absolute Gasteiger partial charge is 0.122 e. The molecule has 0 fully saturated rings. The first-order valence-corrected chi connectivity index (χ1v) is 6.92. The van der Waals surface area contributed by atoms with Crippen LogP contribution in [-0.2, 0) is 0 Å². The van der Waals surface area contributed by atoms with Crippen LogP contribution in [0.15, 0.2) is 12.1 Å². The van der Waals surface area contributed by atoms with Crippen LogP contribution in [0.5, 0.6) is 5.75 Å². The van der Waals surface area contributed by atoms with Crippen molar-refractivity contribution < 1.29 is 4.74 Å². The number of aryl methyl sites for hydroxylation is 2. The quantitative estimate of drug-likeness (QED) is 0.818. The second kappa shape index (κ2) is 7.81. The van der Waals surface area contributed by atoms with Crippen LogP contribution in [0.1, 0.15) is 36.5 Å². The van der Waals surface area contributed by atoms with Crippen molar-refractivity contribution in [1.82, 2.24) is 5.32 Å². The Morgan fingerprint density at radius 1 is 1.32 bits per heavy atom. The molecule has 1 aromatic rings. The zero-order chi connectivity index (χ0) is 14.3. The standard InChI is InChI=1S/C16H24N2O/c1-5-7-18-15(11-17)6-8-19-16-10-12(2)9-13(3)14(16)4/h9-10,15,18H,5-8H2,1-4H3. The molecule has 0 amide bonds. The Labute approximate surface area is 116 Å². The number of hydrogen-bond donors (Lipinski definition) is 1. The summed E-state index contributed by atoms with van der Waals surface area (Å²) in [6.07, 6.45) is 1.75. The fraction of sp³-hybridized carbons (Fsp3) is 0.562. The lowest BCUT2D eigenvalue weighted by Gasteiger charge is -2.14. The first-order chi connectivity index (χ1) is 9.08. The van der Waals surface area contributed by atoms with E-state index in [1.807, 2.05) is 0 Å². The summed E-state index contributed by atoms with van der Waals surface area (Å²) in [7, 11) is 0. The second-order valence-electron chi connectivity index (χ2n) is 4.98. The highest BCUT2D eigenvalue weighted by Crippen LogP contribution is 2.23. The predicted molar refractivity (Wildman–Crippen MR) is 78.5 cm³/mol. The number of ether oxygens (including phenoxy) is 1. The summed E-state index contributed by atoms with van der Waals surface area (Å²) in [6.45, 7) is 9.77. The van der Waals surface area contributed by atoms with Gasteiger partial charge in [-0.05, 0) is 56.5 Å². The Balaban J connectivity index is 2.51. The first-order valence-electron chi connectivity index (χ1n) is 6.92. The molecule has 1 aromatic carbocycles. The summed E-state index contributed by atoms with van der Waals surface area (Å²) in [5.41, 5.74) is 3.63. The van der Waals surface area contributed by atoms with Gasteiger partial charge in [0.25, 0.3) is 0 Å². The number of rotatable bonds is 7. The zero-order valence-corrected chi connectivity index (χ0v) is 12.4. The lowest BCUT2D eigenvalue weighted by molar-refractivity contribution is 0.295. The van der Waals surface area contributed by atoms with Crippen molar-refractivity contribution in [2.75, 3.05) is 13.2 Å². The number of benzene rings is 1. The molecule has 0 aliphatic heterocycles. The van der Waals surface area contributed by atoms with Gasteiger partial charge in [-0.2, -0.15) is 5.26 Å². The Morgan fingerprint density at radius 3 is 2.68 bits per heavy atom. The molecule has 0 aliphatic rings. The Morgan fingerprint density at radius 2 is 2.05 bits per heavy atom. The van der Waals surface area contributed by atoms with E-state index in [0.717, 1.165) is 18.7 Å². The fourth-order valence-corrected chi connectivity index (χ4v) is 1.97. The van der Waals surface area contributed by atoms with E-state index in [-0.39, 0.29) is 6.04 Å². The topological polar surface area (TPSA) is 45.0 Å². The molecular formula is C16H24N2O. The minimum Gasteiger partial charge on any atom is -0.493 e. The van der Waals surface area contributed by atoms with Gasteiger partial charge in [-0.15, -0.1) is 0 Å². The summed E-state index contributed by atoms with van der Waals surface area (Å²) < 4.78 is 5.82. The van der Waals surface area contributed by atoms with Crippen LogP contribution in [-0.4, -0.2) is 19.2 Å². The van der Waals surface area contributed by atoms with Crippen LogP contribution >= 0.6 is 0 Å². The number of nitrogens with one attached hydrogen (secondary N) is 1. The normalized spacial score (nSPS) is 11.9. The van der Waals surface area contributed by atoms with E-state index < -0.39 is 0 Å². The van der Waals surface area contributed by atoms with Crippen LogP contribution in [0, 0.1) is 32.1 Å². The van der Waals surface area contributed by atoms with Gasteiger partial charge in [-0.25, -0.2) is 0 Å². The van der Waals surface area contributed by atoms with Gasteiger partial charge < -0.3 is 10.1 Å². The van der Waals surface area contributed by atoms with Crippen LogP contribution in [0.25, 0.3) is 0 Å².